The number of hydrogen-bond donors (Lipinski definition) is 3. The molecular formula is C25H26N2O5S. The molecule has 4 N–H and O–H groups in total. The highest BCUT2D eigenvalue weighted by atomic mass is 32.2. The fourth-order valence-corrected chi connectivity index (χ4v) is 4.61. The Kier molecular flexibility index (Phi) is 7.05. The highest BCUT2D eigenvalue weighted by Gasteiger charge is 2.37. The van der Waals surface area contributed by atoms with Crippen molar-refractivity contribution in [3.8, 4) is 11.5 Å². The van der Waals surface area contributed by atoms with Crippen molar-refractivity contribution in [1.82, 2.24) is 0 Å². The van der Waals surface area contributed by atoms with Gasteiger partial charge in [-0.2, -0.15) is 0 Å². The summed E-state index contributed by atoms with van der Waals surface area (Å²) >= 11 is 1.16. The summed E-state index contributed by atoms with van der Waals surface area (Å²) in [5.74, 6) is 0.235. The average Bonchev–Trinajstić information content (AvgIpc) is 3.51. The zero-order valence-corrected chi connectivity index (χ0v) is 19.1. The molecule has 2 unspecified atom stereocenters. The number of benzene rings is 2. The van der Waals surface area contributed by atoms with Crippen LogP contribution in [0.25, 0.3) is 6.08 Å². The number of esters is 1. The molecule has 0 radical (unpaired) electrons. The topological polar surface area (TPSA) is 111 Å². The van der Waals surface area contributed by atoms with Crippen LogP contribution in [0, 0.1) is 11.8 Å². The number of thioether (sulfide) groups is 1. The quantitative estimate of drug-likeness (QED) is 0.290. The van der Waals surface area contributed by atoms with Gasteiger partial charge in [-0.1, -0.05) is 36.0 Å². The molecule has 1 heterocycles. The zero-order chi connectivity index (χ0) is 23.4. The lowest BCUT2D eigenvalue weighted by atomic mass is 10.1. The molecule has 1 saturated carbocycles. The van der Waals surface area contributed by atoms with Gasteiger partial charge in [-0.3, -0.25) is 4.79 Å². The van der Waals surface area contributed by atoms with Crippen molar-refractivity contribution in [3.63, 3.8) is 0 Å². The maximum Gasteiger partial charge on any atom is 0.344 e. The minimum atomic E-state index is -0.667. The van der Waals surface area contributed by atoms with Crippen molar-refractivity contribution < 1.29 is 24.2 Å². The maximum atomic E-state index is 13.0. The fourth-order valence-electron chi connectivity index (χ4n) is 3.56. The van der Waals surface area contributed by atoms with Crippen LogP contribution >= 0.6 is 11.8 Å². The van der Waals surface area contributed by atoms with E-state index in [4.69, 9.17) is 15.2 Å². The van der Waals surface area contributed by atoms with Gasteiger partial charge in [0, 0.05) is 5.69 Å². The van der Waals surface area contributed by atoms with E-state index in [2.05, 4.69) is 5.32 Å². The first-order valence-corrected chi connectivity index (χ1v) is 11.6. The lowest BCUT2D eigenvalue weighted by Gasteiger charge is -2.09. The summed E-state index contributed by atoms with van der Waals surface area (Å²) < 4.78 is 10.8. The van der Waals surface area contributed by atoms with Crippen LogP contribution in [0.1, 0.15) is 18.9 Å². The van der Waals surface area contributed by atoms with E-state index in [9.17, 15) is 14.7 Å². The number of carbonyl (C=O) groups is 2. The predicted molar refractivity (Wildman–Crippen MR) is 129 cm³/mol. The van der Waals surface area contributed by atoms with Gasteiger partial charge in [0.25, 0.3) is 0 Å². The number of phenolic OH excluding ortho intramolecular Hbond substituents is 1. The van der Waals surface area contributed by atoms with Gasteiger partial charge < -0.3 is 25.6 Å². The van der Waals surface area contributed by atoms with Gasteiger partial charge in [-0.05, 0) is 67.6 Å². The van der Waals surface area contributed by atoms with E-state index in [0.29, 0.717) is 46.2 Å². The Labute approximate surface area is 196 Å². The molecule has 33 heavy (non-hydrogen) atoms. The number of para-hydroxylation sites is 1. The van der Waals surface area contributed by atoms with E-state index in [1.54, 1.807) is 25.1 Å². The molecule has 0 aromatic heterocycles. The second-order valence-electron chi connectivity index (χ2n) is 7.89. The predicted octanol–water partition coefficient (Wildman–Crippen LogP) is 3.91. The lowest BCUT2D eigenvalue weighted by Crippen LogP contribution is -2.16. The van der Waals surface area contributed by atoms with E-state index in [1.807, 2.05) is 30.3 Å². The average molecular weight is 467 g/mol. The molecule has 4 rings (SSSR count). The number of hydrogen-bond acceptors (Lipinski definition) is 8. The number of ether oxygens (including phenoxy) is 2. The summed E-state index contributed by atoms with van der Waals surface area (Å²) in [6, 6.07) is 14.3. The normalized spacial score (nSPS) is 20.8. The molecule has 172 valence electrons. The van der Waals surface area contributed by atoms with Gasteiger partial charge in [-0.15, -0.1) is 0 Å². The number of anilines is 1. The third-order valence-electron chi connectivity index (χ3n) is 5.51. The molecule has 2 aromatic carbocycles. The molecular weight excluding hydrogens is 440 g/mol. The molecule has 1 fully saturated rings. The second kappa shape index (κ2) is 10.1. The number of nitrogens with two attached hydrogens (primary N) is 1. The lowest BCUT2D eigenvalue weighted by molar-refractivity contribution is -0.139. The van der Waals surface area contributed by atoms with Crippen LogP contribution in [0.4, 0.5) is 5.69 Å². The third kappa shape index (κ3) is 5.40. The summed E-state index contributed by atoms with van der Waals surface area (Å²) in [7, 11) is 0. The van der Waals surface area contributed by atoms with Crippen LogP contribution < -0.4 is 15.8 Å². The number of phenols is 1. The van der Waals surface area contributed by atoms with Crippen molar-refractivity contribution in [1.29, 1.82) is 0 Å². The Morgan fingerprint density at radius 2 is 2.03 bits per heavy atom. The monoisotopic (exact) mass is 466 g/mol. The minimum Gasteiger partial charge on any atom is -0.504 e. The molecule has 0 spiro atoms. The van der Waals surface area contributed by atoms with Gasteiger partial charge in [0.05, 0.1) is 23.1 Å². The molecule has 2 aromatic rings. The number of ketones is 1. The number of carbonyl (C=O) groups excluding carboxylic acids is 2. The molecule has 2 aliphatic rings. The zero-order valence-electron chi connectivity index (χ0n) is 18.2. The molecule has 0 bridgehead atoms. The Hall–Kier alpha value is -3.23. The number of nitrogens with one attached hydrogen (secondary N) is 1. The number of rotatable bonds is 9. The number of Topliss-reactive ketones (excluding diaryl/α,β-unsaturated/α-hetero) is 1. The van der Waals surface area contributed by atoms with Crippen molar-refractivity contribution in [2.75, 3.05) is 25.1 Å². The van der Waals surface area contributed by atoms with Gasteiger partial charge in [0.1, 0.15) is 5.57 Å². The van der Waals surface area contributed by atoms with Gasteiger partial charge >= 0.3 is 5.97 Å². The first-order valence-electron chi connectivity index (χ1n) is 10.8. The summed E-state index contributed by atoms with van der Waals surface area (Å²) in [5.41, 5.74) is 6.99. The van der Waals surface area contributed by atoms with Crippen molar-refractivity contribution in [2.45, 2.75) is 13.3 Å². The van der Waals surface area contributed by atoms with Crippen LogP contribution in [-0.4, -0.2) is 36.6 Å². The van der Waals surface area contributed by atoms with Crippen molar-refractivity contribution >= 4 is 35.3 Å². The van der Waals surface area contributed by atoms with Gasteiger partial charge in [0.15, 0.2) is 11.5 Å². The minimum absolute atomic E-state index is 0.00838. The van der Waals surface area contributed by atoms with Crippen LogP contribution in [0.2, 0.25) is 0 Å². The SMILES string of the molecule is CCOC(=O)C1=C(Nc2ccccc2)S/C(=C\c2ccc(OCC3CC3CN)c(O)c2)C1=O. The summed E-state index contributed by atoms with van der Waals surface area (Å²) in [5, 5.41) is 13.9. The Bertz CT molecular complexity index is 1110. The summed E-state index contributed by atoms with van der Waals surface area (Å²) in [4.78, 5) is 25.9. The Morgan fingerprint density at radius 3 is 2.70 bits per heavy atom. The van der Waals surface area contributed by atoms with Crippen molar-refractivity contribution in [2.24, 2.45) is 17.6 Å². The van der Waals surface area contributed by atoms with E-state index >= 15 is 0 Å². The number of allylic oxidation sites excluding steroid dienone is 1. The molecule has 8 heteroatoms. The van der Waals surface area contributed by atoms with Crippen LogP contribution in [0.5, 0.6) is 11.5 Å². The largest absolute Gasteiger partial charge is 0.504 e. The highest BCUT2D eigenvalue weighted by Crippen LogP contribution is 2.41. The smallest absolute Gasteiger partial charge is 0.344 e. The first kappa shape index (κ1) is 22.9. The highest BCUT2D eigenvalue weighted by molar-refractivity contribution is 8.08. The Morgan fingerprint density at radius 1 is 1.24 bits per heavy atom. The number of aromatic hydroxyl groups is 1. The first-order chi connectivity index (χ1) is 16.0. The molecule has 1 aliphatic heterocycles. The maximum absolute atomic E-state index is 13.0. The Balaban J connectivity index is 1.51. The van der Waals surface area contributed by atoms with Gasteiger partial charge in [-0.25, -0.2) is 4.79 Å². The summed E-state index contributed by atoms with van der Waals surface area (Å²) in [6.07, 6.45) is 2.69. The van der Waals surface area contributed by atoms with Crippen LogP contribution in [0.3, 0.4) is 0 Å². The van der Waals surface area contributed by atoms with E-state index in [-0.39, 0.29) is 17.9 Å². The van der Waals surface area contributed by atoms with Crippen LogP contribution in [0.15, 0.2) is 64.0 Å². The van der Waals surface area contributed by atoms with E-state index in [1.165, 1.54) is 6.07 Å². The molecule has 1 aliphatic carbocycles. The second-order valence-corrected chi connectivity index (χ2v) is 8.94. The van der Waals surface area contributed by atoms with Crippen molar-refractivity contribution in [3.05, 3.63) is 69.6 Å². The summed E-state index contributed by atoms with van der Waals surface area (Å²) in [6.45, 7) is 3.03. The fraction of sp³-hybridized carbons (Fsp3) is 0.280. The standard InChI is InChI=1S/C25H26N2O5S/c1-2-31-25(30)22-23(29)21(33-24(22)27-18-6-4-3-5-7-18)11-15-8-9-20(19(28)10-15)32-14-17-12-16(17)13-26/h3-11,16-17,27-28H,2,12-14,26H2,1H3/b21-11-. The van der Waals surface area contributed by atoms with Crippen LogP contribution in [-0.2, 0) is 14.3 Å². The molecule has 0 saturated heterocycles. The van der Waals surface area contributed by atoms with E-state index < -0.39 is 11.8 Å². The molecule has 0 amide bonds. The van der Waals surface area contributed by atoms with Gasteiger partial charge in [0.2, 0.25) is 5.78 Å². The molecule has 2 atom stereocenters. The molecule has 7 nitrogen and oxygen atoms in total. The van der Waals surface area contributed by atoms with E-state index in [0.717, 1.165) is 23.9 Å². The third-order valence-corrected chi connectivity index (χ3v) is 6.54.